The van der Waals surface area contributed by atoms with Crippen LogP contribution in [-0.4, -0.2) is 39.2 Å². The van der Waals surface area contributed by atoms with Crippen molar-refractivity contribution in [3.05, 3.63) is 0 Å². The largest absolute Gasteiger partial charge is 0.423 e. The van der Waals surface area contributed by atoms with Crippen molar-refractivity contribution < 1.29 is 39.5 Å². The highest BCUT2D eigenvalue weighted by Crippen LogP contribution is 2.35. The van der Waals surface area contributed by atoms with Crippen LogP contribution in [0.15, 0.2) is 0 Å². The van der Waals surface area contributed by atoms with Crippen LogP contribution in [0.2, 0.25) is 0 Å². The van der Waals surface area contributed by atoms with E-state index in [9.17, 15) is 34.8 Å². The number of rotatable bonds is 5. The zero-order valence-corrected chi connectivity index (χ0v) is 8.99. The van der Waals surface area contributed by atoms with E-state index in [2.05, 4.69) is 9.88 Å². The average Bonchev–Trinajstić information content (AvgIpc) is 1.95. The molecule has 0 saturated heterocycles. The quantitative estimate of drug-likeness (QED) is 0.610. The van der Waals surface area contributed by atoms with Crippen LogP contribution >= 0.6 is 0 Å². The van der Waals surface area contributed by atoms with Crippen molar-refractivity contribution in [3.8, 4) is 0 Å². The van der Waals surface area contributed by atoms with Gasteiger partial charge in [-0.3, -0.25) is 0 Å². The molecule has 0 atom stereocenters. The summed E-state index contributed by atoms with van der Waals surface area (Å²) in [6.07, 6.45) is -15.7. The predicted molar refractivity (Wildman–Crippen MR) is 44.4 cm³/mol. The minimum absolute atomic E-state index is 0.554. The average molecular weight is 289 g/mol. The molecule has 11 heteroatoms. The van der Waals surface area contributed by atoms with Crippen molar-refractivity contribution in [1.82, 2.24) is 0 Å². The Kier molecular flexibility index (Phi) is 5.22. The van der Waals surface area contributed by atoms with E-state index in [4.69, 9.17) is 0 Å². The summed E-state index contributed by atoms with van der Waals surface area (Å²) in [5.41, 5.74) is 0. The van der Waals surface area contributed by atoms with Gasteiger partial charge in [-0.15, -0.1) is 0 Å². The highest BCUT2D eigenvalue weighted by molar-refractivity contribution is 7.89. The Morgan fingerprint density at radius 1 is 1.06 bits per heavy atom. The van der Waals surface area contributed by atoms with Gasteiger partial charge in [-0.05, 0) is 6.42 Å². The fourth-order valence-corrected chi connectivity index (χ4v) is 1.36. The molecule has 17 heavy (non-hydrogen) atoms. The molecule has 0 fully saturated rings. The van der Waals surface area contributed by atoms with Gasteiger partial charge in [0, 0.05) is 6.61 Å². The maximum absolute atomic E-state index is 11.9. The number of ether oxygens (including phenoxy) is 1. The summed E-state index contributed by atoms with van der Waals surface area (Å²) in [6, 6.07) is 0. The third-order valence-corrected chi connectivity index (χ3v) is 2.31. The molecule has 0 aliphatic heterocycles. The molecule has 0 radical (unpaired) electrons. The van der Waals surface area contributed by atoms with E-state index in [0.717, 1.165) is 0 Å². The Bertz CT molecular complexity index is 321. The number of sulfonamides is 1. The molecule has 0 unspecified atom stereocenters. The lowest BCUT2D eigenvalue weighted by atomic mass is 10.3. The summed E-state index contributed by atoms with van der Waals surface area (Å²) < 4.78 is 95.6. The minimum Gasteiger partial charge on any atom is -0.361 e. The Hall–Kier alpha value is -0.550. The second-order valence-corrected chi connectivity index (χ2v) is 4.79. The molecule has 0 aromatic heterocycles. The van der Waals surface area contributed by atoms with Crippen molar-refractivity contribution >= 4 is 10.0 Å². The van der Waals surface area contributed by atoms with Gasteiger partial charge < -0.3 is 4.74 Å². The van der Waals surface area contributed by atoms with E-state index in [0.29, 0.717) is 0 Å². The second-order valence-electron chi connectivity index (χ2n) is 3.05. The molecule has 0 saturated carbocycles. The molecule has 0 heterocycles. The molecule has 104 valence electrons. The van der Waals surface area contributed by atoms with Crippen LogP contribution in [0.25, 0.3) is 0 Å². The van der Waals surface area contributed by atoms with Gasteiger partial charge in [0.1, 0.15) is 0 Å². The topological polar surface area (TPSA) is 69.4 Å². The molecule has 0 spiro atoms. The molecule has 4 nitrogen and oxygen atoms in total. The van der Waals surface area contributed by atoms with E-state index < -0.39 is 47.3 Å². The van der Waals surface area contributed by atoms with Gasteiger partial charge in [-0.2, -0.15) is 26.3 Å². The number of halogens is 6. The molecule has 0 rings (SSSR count). The molecule has 0 aromatic carbocycles. The van der Waals surface area contributed by atoms with Gasteiger partial charge >= 0.3 is 12.4 Å². The minimum atomic E-state index is -5.60. The van der Waals surface area contributed by atoms with Gasteiger partial charge in [-0.1, -0.05) is 0 Å². The number of primary sulfonamides is 1. The molecule has 0 amide bonds. The first kappa shape index (κ1) is 16.4. The van der Waals surface area contributed by atoms with Crippen LogP contribution in [0.5, 0.6) is 0 Å². The van der Waals surface area contributed by atoms with Crippen LogP contribution in [0.4, 0.5) is 26.3 Å². The van der Waals surface area contributed by atoms with E-state index in [1.165, 1.54) is 0 Å². The summed E-state index contributed by atoms with van der Waals surface area (Å²) in [7, 11) is -3.94. The van der Waals surface area contributed by atoms with Crippen molar-refractivity contribution in [2.24, 2.45) is 5.14 Å². The highest BCUT2D eigenvalue weighted by Gasteiger charge is 2.57. The summed E-state index contributed by atoms with van der Waals surface area (Å²) in [6.45, 7) is -1.01. The third-order valence-electron chi connectivity index (χ3n) is 1.45. The van der Waals surface area contributed by atoms with E-state index in [1.807, 2.05) is 0 Å². The maximum atomic E-state index is 11.9. The SMILES string of the molecule is NS(=O)(=O)CCCOC(C(F)(F)F)C(F)(F)F. The summed E-state index contributed by atoms with van der Waals surface area (Å²) in [5, 5.41) is 4.50. The third kappa shape index (κ3) is 7.39. The molecule has 0 bridgehead atoms. The van der Waals surface area contributed by atoms with Gasteiger partial charge in [0.05, 0.1) is 5.75 Å². The second kappa shape index (κ2) is 5.40. The monoisotopic (exact) mass is 289 g/mol. The van der Waals surface area contributed by atoms with Crippen LogP contribution in [0.3, 0.4) is 0 Å². The standard InChI is InChI=1S/C6H9F6NO3S/c7-5(8,9)4(6(10,11)12)16-2-1-3-17(13,14)15/h4H,1-3H2,(H2,13,14,15). The van der Waals surface area contributed by atoms with E-state index >= 15 is 0 Å². The Labute approximate surface area is 92.8 Å². The zero-order valence-electron chi connectivity index (χ0n) is 8.18. The molecule has 2 N–H and O–H groups in total. The molecule has 0 aliphatic carbocycles. The first-order valence-electron chi connectivity index (χ1n) is 4.09. The van der Waals surface area contributed by atoms with Crippen molar-refractivity contribution in [1.29, 1.82) is 0 Å². The van der Waals surface area contributed by atoms with E-state index in [-0.39, 0.29) is 0 Å². The molecule has 0 aromatic rings. The van der Waals surface area contributed by atoms with Crippen molar-refractivity contribution in [2.75, 3.05) is 12.4 Å². The lowest BCUT2D eigenvalue weighted by Gasteiger charge is -2.22. The van der Waals surface area contributed by atoms with Gasteiger partial charge in [0.25, 0.3) is 0 Å². The fourth-order valence-electron chi connectivity index (χ4n) is 0.836. The van der Waals surface area contributed by atoms with Gasteiger partial charge in [0.15, 0.2) is 0 Å². The number of hydrogen-bond acceptors (Lipinski definition) is 3. The van der Waals surface area contributed by atoms with Crippen LogP contribution in [0, 0.1) is 0 Å². The number of alkyl halides is 6. The van der Waals surface area contributed by atoms with Crippen LogP contribution in [0.1, 0.15) is 6.42 Å². The Balaban J connectivity index is 4.31. The predicted octanol–water partition coefficient (Wildman–Crippen LogP) is 1.17. The van der Waals surface area contributed by atoms with Crippen molar-refractivity contribution in [2.45, 2.75) is 24.9 Å². The molecular formula is C6H9F6NO3S. The zero-order chi connectivity index (χ0) is 13.9. The normalized spacial score (nSPS) is 14.4. The van der Waals surface area contributed by atoms with Gasteiger partial charge in [-0.25, -0.2) is 13.6 Å². The van der Waals surface area contributed by atoms with Crippen molar-refractivity contribution in [3.63, 3.8) is 0 Å². The number of nitrogens with two attached hydrogens (primary N) is 1. The molecular weight excluding hydrogens is 280 g/mol. The number of hydrogen-bond donors (Lipinski definition) is 1. The Morgan fingerprint density at radius 2 is 1.47 bits per heavy atom. The van der Waals surface area contributed by atoms with Crippen LogP contribution < -0.4 is 5.14 Å². The summed E-state index contributed by atoms with van der Waals surface area (Å²) in [4.78, 5) is 0. The Morgan fingerprint density at radius 3 is 1.76 bits per heavy atom. The fraction of sp³-hybridized carbons (Fsp3) is 1.00. The lowest BCUT2D eigenvalue weighted by Crippen LogP contribution is -2.44. The van der Waals surface area contributed by atoms with Crippen LogP contribution in [-0.2, 0) is 14.8 Å². The van der Waals surface area contributed by atoms with Gasteiger partial charge in [0.2, 0.25) is 16.1 Å². The van der Waals surface area contributed by atoms with E-state index in [1.54, 1.807) is 0 Å². The molecule has 0 aliphatic rings. The smallest absolute Gasteiger partial charge is 0.361 e. The lowest BCUT2D eigenvalue weighted by molar-refractivity contribution is -0.321. The summed E-state index contributed by atoms with van der Waals surface area (Å²) >= 11 is 0. The maximum Gasteiger partial charge on any atom is 0.423 e. The first-order chi connectivity index (χ1) is 7.34. The summed E-state index contributed by atoms with van der Waals surface area (Å²) in [5.74, 6) is -0.755. The first-order valence-corrected chi connectivity index (χ1v) is 5.81. The highest BCUT2D eigenvalue weighted by atomic mass is 32.2.